The van der Waals surface area contributed by atoms with Gasteiger partial charge in [0.2, 0.25) is 5.91 Å². The SMILES string of the molecule is Cc1ccc(NCC(=O)N2C(C)CCCC2C)c(F)c1. The molecule has 3 nitrogen and oxygen atoms in total. The number of amides is 1. The van der Waals surface area contributed by atoms with Gasteiger partial charge in [0.1, 0.15) is 5.82 Å². The van der Waals surface area contributed by atoms with E-state index < -0.39 is 0 Å². The summed E-state index contributed by atoms with van der Waals surface area (Å²) < 4.78 is 13.7. The third-order valence-corrected chi connectivity index (χ3v) is 4.04. The zero-order valence-corrected chi connectivity index (χ0v) is 12.4. The smallest absolute Gasteiger partial charge is 0.242 e. The van der Waals surface area contributed by atoms with Crippen molar-refractivity contribution in [3.05, 3.63) is 29.6 Å². The Balaban J connectivity index is 1.97. The summed E-state index contributed by atoms with van der Waals surface area (Å²) in [5.41, 5.74) is 1.26. The number of likely N-dealkylation sites (tertiary alicyclic amines) is 1. The highest BCUT2D eigenvalue weighted by Gasteiger charge is 2.28. The van der Waals surface area contributed by atoms with Gasteiger partial charge in [0.15, 0.2) is 0 Å². The van der Waals surface area contributed by atoms with Crippen LogP contribution < -0.4 is 5.32 Å². The van der Waals surface area contributed by atoms with E-state index in [1.807, 2.05) is 17.9 Å². The van der Waals surface area contributed by atoms with Gasteiger partial charge in [-0.05, 0) is 57.7 Å². The number of rotatable bonds is 3. The van der Waals surface area contributed by atoms with Crippen molar-refractivity contribution in [2.45, 2.75) is 52.1 Å². The summed E-state index contributed by atoms with van der Waals surface area (Å²) >= 11 is 0. The minimum absolute atomic E-state index is 0.0460. The number of aryl methyl sites for hydroxylation is 1. The lowest BCUT2D eigenvalue weighted by Crippen LogP contribution is -2.49. The first-order valence-corrected chi connectivity index (χ1v) is 7.30. The molecule has 4 heteroatoms. The van der Waals surface area contributed by atoms with Gasteiger partial charge in [-0.25, -0.2) is 4.39 Å². The molecule has 0 aliphatic carbocycles. The molecule has 1 aromatic rings. The molecule has 1 amide bonds. The van der Waals surface area contributed by atoms with Crippen molar-refractivity contribution in [2.24, 2.45) is 0 Å². The predicted octanol–water partition coefficient (Wildman–Crippen LogP) is 3.34. The van der Waals surface area contributed by atoms with Crippen LogP contribution in [0, 0.1) is 12.7 Å². The molecule has 0 radical (unpaired) electrons. The van der Waals surface area contributed by atoms with Crippen LogP contribution in [0.15, 0.2) is 18.2 Å². The molecule has 2 atom stereocenters. The van der Waals surface area contributed by atoms with Gasteiger partial charge in [0.25, 0.3) is 0 Å². The van der Waals surface area contributed by atoms with Gasteiger partial charge in [0, 0.05) is 12.1 Å². The molecule has 2 rings (SSSR count). The van der Waals surface area contributed by atoms with E-state index in [2.05, 4.69) is 19.2 Å². The first-order valence-electron chi connectivity index (χ1n) is 7.30. The highest BCUT2D eigenvalue weighted by atomic mass is 19.1. The van der Waals surface area contributed by atoms with Gasteiger partial charge in [-0.15, -0.1) is 0 Å². The number of carbonyl (C=O) groups is 1. The molecule has 1 heterocycles. The van der Waals surface area contributed by atoms with E-state index in [4.69, 9.17) is 0 Å². The summed E-state index contributed by atoms with van der Waals surface area (Å²) in [4.78, 5) is 14.2. The fourth-order valence-electron chi connectivity index (χ4n) is 2.94. The van der Waals surface area contributed by atoms with Gasteiger partial charge in [-0.3, -0.25) is 4.79 Å². The highest BCUT2D eigenvalue weighted by Crippen LogP contribution is 2.23. The lowest BCUT2D eigenvalue weighted by Gasteiger charge is -2.39. The van der Waals surface area contributed by atoms with E-state index in [0.717, 1.165) is 18.4 Å². The summed E-state index contributed by atoms with van der Waals surface area (Å²) in [6.07, 6.45) is 3.27. The molecule has 0 saturated carbocycles. The van der Waals surface area contributed by atoms with Gasteiger partial charge < -0.3 is 10.2 Å². The van der Waals surface area contributed by atoms with Gasteiger partial charge in [-0.2, -0.15) is 0 Å². The second-order valence-electron chi connectivity index (χ2n) is 5.77. The minimum Gasteiger partial charge on any atom is -0.374 e. The quantitative estimate of drug-likeness (QED) is 0.919. The molecule has 0 spiro atoms. The van der Waals surface area contributed by atoms with Crippen molar-refractivity contribution in [3.63, 3.8) is 0 Å². The first-order chi connectivity index (χ1) is 9.49. The summed E-state index contributed by atoms with van der Waals surface area (Å²) in [6.45, 7) is 6.16. The maximum Gasteiger partial charge on any atom is 0.242 e. The number of hydrogen-bond donors (Lipinski definition) is 1. The molecule has 1 fully saturated rings. The maximum atomic E-state index is 13.7. The van der Waals surface area contributed by atoms with Crippen LogP contribution in [-0.4, -0.2) is 29.4 Å². The monoisotopic (exact) mass is 278 g/mol. The van der Waals surface area contributed by atoms with E-state index in [-0.39, 0.29) is 30.4 Å². The van der Waals surface area contributed by atoms with Crippen molar-refractivity contribution in [1.29, 1.82) is 0 Å². The van der Waals surface area contributed by atoms with Crippen LogP contribution in [0.5, 0.6) is 0 Å². The molecule has 1 aliphatic heterocycles. The van der Waals surface area contributed by atoms with Gasteiger partial charge in [0.05, 0.1) is 12.2 Å². The molecule has 20 heavy (non-hydrogen) atoms. The zero-order valence-electron chi connectivity index (χ0n) is 12.4. The third kappa shape index (κ3) is 3.30. The van der Waals surface area contributed by atoms with Crippen molar-refractivity contribution >= 4 is 11.6 Å². The van der Waals surface area contributed by atoms with Crippen molar-refractivity contribution in [2.75, 3.05) is 11.9 Å². The van der Waals surface area contributed by atoms with Crippen LogP contribution >= 0.6 is 0 Å². The number of halogens is 1. The van der Waals surface area contributed by atoms with Crippen molar-refractivity contribution < 1.29 is 9.18 Å². The fourth-order valence-corrected chi connectivity index (χ4v) is 2.94. The van der Waals surface area contributed by atoms with E-state index in [1.54, 1.807) is 6.07 Å². The molecule has 1 N–H and O–H groups in total. The van der Waals surface area contributed by atoms with Crippen LogP contribution in [0.1, 0.15) is 38.7 Å². The van der Waals surface area contributed by atoms with Crippen molar-refractivity contribution in [1.82, 2.24) is 4.90 Å². The van der Waals surface area contributed by atoms with Crippen LogP contribution in [0.3, 0.4) is 0 Å². The number of hydrogen-bond acceptors (Lipinski definition) is 2. The molecule has 2 unspecified atom stereocenters. The molecule has 0 aromatic heterocycles. The maximum absolute atomic E-state index is 13.7. The number of anilines is 1. The molecular formula is C16H23FN2O. The van der Waals surface area contributed by atoms with Crippen molar-refractivity contribution in [3.8, 4) is 0 Å². The van der Waals surface area contributed by atoms with Gasteiger partial charge in [-0.1, -0.05) is 6.07 Å². The van der Waals surface area contributed by atoms with E-state index >= 15 is 0 Å². The molecule has 110 valence electrons. The van der Waals surface area contributed by atoms with Crippen LogP contribution in [0.2, 0.25) is 0 Å². The number of nitrogens with zero attached hydrogens (tertiary/aromatic N) is 1. The molecule has 1 aliphatic rings. The Hall–Kier alpha value is -1.58. The summed E-state index contributed by atoms with van der Waals surface area (Å²) in [5.74, 6) is -0.262. The number of piperidine rings is 1. The Morgan fingerprint density at radius 1 is 1.35 bits per heavy atom. The predicted molar refractivity (Wildman–Crippen MR) is 79.2 cm³/mol. The highest BCUT2D eigenvalue weighted by molar-refractivity contribution is 5.81. The first kappa shape index (κ1) is 14.8. The Bertz CT molecular complexity index is 479. The third-order valence-electron chi connectivity index (χ3n) is 4.04. The van der Waals surface area contributed by atoms with E-state index in [0.29, 0.717) is 5.69 Å². The standard InChI is InChI=1S/C16H23FN2O/c1-11-7-8-15(14(17)9-11)18-10-16(20)19-12(2)5-4-6-13(19)3/h7-9,12-13,18H,4-6,10H2,1-3H3. The van der Waals surface area contributed by atoms with Crippen LogP contribution in [-0.2, 0) is 4.79 Å². The number of benzene rings is 1. The van der Waals surface area contributed by atoms with E-state index in [1.165, 1.54) is 12.5 Å². The second-order valence-corrected chi connectivity index (χ2v) is 5.77. The Morgan fingerprint density at radius 2 is 2.00 bits per heavy atom. The number of carbonyl (C=O) groups excluding carboxylic acids is 1. The largest absolute Gasteiger partial charge is 0.374 e. The zero-order chi connectivity index (χ0) is 14.7. The summed E-state index contributed by atoms with van der Waals surface area (Å²) in [7, 11) is 0. The minimum atomic E-state index is -0.308. The van der Waals surface area contributed by atoms with Crippen LogP contribution in [0.25, 0.3) is 0 Å². The topological polar surface area (TPSA) is 32.3 Å². The molecule has 0 bridgehead atoms. The fraction of sp³-hybridized carbons (Fsp3) is 0.562. The average Bonchev–Trinajstić information content (AvgIpc) is 2.37. The van der Waals surface area contributed by atoms with Gasteiger partial charge >= 0.3 is 0 Å². The lowest BCUT2D eigenvalue weighted by atomic mass is 9.97. The molecular weight excluding hydrogens is 255 g/mol. The summed E-state index contributed by atoms with van der Waals surface area (Å²) in [5, 5.41) is 2.91. The number of nitrogens with one attached hydrogen (secondary N) is 1. The Kier molecular flexibility index (Phi) is 4.63. The second kappa shape index (κ2) is 6.25. The molecule has 1 aromatic carbocycles. The lowest BCUT2D eigenvalue weighted by molar-refractivity contribution is -0.135. The van der Waals surface area contributed by atoms with E-state index in [9.17, 15) is 9.18 Å². The Morgan fingerprint density at radius 3 is 2.60 bits per heavy atom. The average molecular weight is 278 g/mol. The van der Waals surface area contributed by atoms with Crippen LogP contribution in [0.4, 0.5) is 10.1 Å². The Labute approximate surface area is 120 Å². The summed E-state index contributed by atoms with van der Waals surface area (Å²) in [6, 6.07) is 5.54. The molecule has 1 saturated heterocycles. The normalized spacial score (nSPS) is 22.7.